The van der Waals surface area contributed by atoms with E-state index < -0.39 is 0 Å². The Kier molecular flexibility index (Phi) is 3.69. The molecule has 0 aliphatic heterocycles. The van der Waals surface area contributed by atoms with Gasteiger partial charge in [0.05, 0.1) is 0 Å². The minimum absolute atomic E-state index is 0.626. The first-order valence-electron chi connectivity index (χ1n) is 3.88. The number of aryl methyl sites for hydroxylation is 1. The molecule has 0 aliphatic rings. The van der Waals surface area contributed by atoms with Crippen molar-refractivity contribution in [3.63, 3.8) is 0 Å². The predicted molar refractivity (Wildman–Crippen MR) is 64.2 cm³/mol. The number of benzene rings is 1. The fraction of sp³-hybridized carbons (Fsp3) is 0.222. The molecular weight excluding hydrogens is 248 g/mol. The summed E-state index contributed by atoms with van der Waals surface area (Å²) < 4.78 is 1.04. The second-order valence-corrected chi connectivity index (χ2v) is 3.99. The minimum atomic E-state index is 0.626. The van der Waals surface area contributed by atoms with E-state index in [4.69, 9.17) is 12.2 Å². The number of rotatable bonds is 1. The molecule has 0 saturated carbocycles. The number of halogens is 1. The molecule has 2 N–H and O–H groups in total. The number of thiocarbonyl (C=S) groups is 1. The lowest BCUT2D eigenvalue weighted by molar-refractivity contribution is 1.19. The van der Waals surface area contributed by atoms with Gasteiger partial charge in [-0.3, -0.25) is 0 Å². The van der Waals surface area contributed by atoms with Crippen molar-refractivity contribution < 1.29 is 0 Å². The van der Waals surface area contributed by atoms with Crippen molar-refractivity contribution in [2.45, 2.75) is 6.92 Å². The van der Waals surface area contributed by atoms with E-state index in [9.17, 15) is 0 Å². The van der Waals surface area contributed by atoms with Gasteiger partial charge in [0.1, 0.15) is 0 Å². The largest absolute Gasteiger partial charge is 0.366 e. The van der Waals surface area contributed by atoms with Crippen molar-refractivity contribution in [1.82, 2.24) is 5.32 Å². The van der Waals surface area contributed by atoms with E-state index in [0.717, 1.165) is 10.2 Å². The Morgan fingerprint density at radius 3 is 2.77 bits per heavy atom. The maximum atomic E-state index is 5.00. The summed E-state index contributed by atoms with van der Waals surface area (Å²) in [6, 6.07) is 6.03. The van der Waals surface area contributed by atoms with Crippen molar-refractivity contribution in [2.24, 2.45) is 0 Å². The average molecular weight is 259 g/mol. The van der Waals surface area contributed by atoms with Crippen molar-refractivity contribution in [1.29, 1.82) is 0 Å². The Bertz CT molecular complexity index is 325. The van der Waals surface area contributed by atoms with Crippen LogP contribution in [0.25, 0.3) is 0 Å². The molecule has 1 aromatic carbocycles. The summed E-state index contributed by atoms with van der Waals surface area (Å²) in [5.74, 6) is 0. The maximum Gasteiger partial charge on any atom is 0.170 e. The van der Waals surface area contributed by atoms with Crippen LogP contribution < -0.4 is 10.6 Å². The van der Waals surface area contributed by atoms with Crippen LogP contribution in [0, 0.1) is 6.92 Å². The second-order valence-electron chi connectivity index (χ2n) is 2.66. The Hall–Kier alpha value is -0.610. The first-order chi connectivity index (χ1) is 6.13. The molecule has 0 amide bonds. The van der Waals surface area contributed by atoms with Crippen LogP contribution >= 0.6 is 28.1 Å². The topological polar surface area (TPSA) is 24.1 Å². The first-order valence-corrected chi connectivity index (χ1v) is 5.08. The molecule has 0 heterocycles. The summed E-state index contributed by atoms with van der Waals surface area (Å²) in [5.41, 5.74) is 2.19. The fourth-order valence-electron chi connectivity index (χ4n) is 0.914. The van der Waals surface area contributed by atoms with Gasteiger partial charge in [0.15, 0.2) is 5.11 Å². The van der Waals surface area contributed by atoms with Gasteiger partial charge in [0.25, 0.3) is 0 Å². The zero-order chi connectivity index (χ0) is 9.84. The molecular formula is C9H11BrN2S. The molecule has 4 heteroatoms. The van der Waals surface area contributed by atoms with Crippen molar-refractivity contribution in [3.05, 3.63) is 28.2 Å². The predicted octanol–water partition coefficient (Wildman–Crippen LogP) is 2.67. The SMILES string of the molecule is CNC(=S)Nc1cc(Br)ccc1C. The second kappa shape index (κ2) is 4.58. The van der Waals surface area contributed by atoms with Crippen molar-refractivity contribution in [3.8, 4) is 0 Å². The van der Waals surface area contributed by atoms with Crippen LogP contribution in [0.3, 0.4) is 0 Å². The Morgan fingerprint density at radius 1 is 1.46 bits per heavy atom. The van der Waals surface area contributed by atoms with E-state index >= 15 is 0 Å². The highest BCUT2D eigenvalue weighted by Crippen LogP contribution is 2.20. The fourth-order valence-corrected chi connectivity index (χ4v) is 1.38. The third-order valence-electron chi connectivity index (χ3n) is 1.67. The smallest absolute Gasteiger partial charge is 0.170 e. The molecule has 1 rings (SSSR count). The lowest BCUT2D eigenvalue weighted by atomic mass is 10.2. The lowest BCUT2D eigenvalue weighted by Gasteiger charge is -2.09. The summed E-state index contributed by atoms with van der Waals surface area (Å²) in [6.45, 7) is 2.03. The van der Waals surface area contributed by atoms with Gasteiger partial charge >= 0.3 is 0 Å². The third kappa shape index (κ3) is 2.97. The van der Waals surface area contributed by atoms with Gasteiger partial charge in [-0.05, 0) is 36.8 Å². The van der Waals surface area contributed by atoms with Crippen LogP contribution in [0.15, 0.2) is 22.7 Å². The summed E-state index contributed by atoms with van der Waals surface area (Å²) in [5, 5.41) is 6.58. The first kappa shape index (κ1) is 10.5. The highest BCUT2D eigenvalue weighted by atomic mass is 79.9. The zero-order valence-corrected chi connectivity index (χ0v) is 9.92. The van der Waals surface area contributed by atoms with E-state index in [-0.39, 0.29) is 0 Å². The molecule has 0 spiro atoms. The molecule has 0 fully saturated rings. The van der Waals surface area contributed by atoms with E-state index in [1.165, 1.54) is 5.56 Å². The van der Waals surface area contributed by atoms with E-state index in [1.807, 2.05) is 25.1 Å². The van der Waals surface area contributed by atoms with Crippen LogP contribution in [0.4, 0.5) is 5.69 Å². The molecule has 0 radical (unpaired) electrons. The van der Waals surface area contributed by atoms with Crippen molar-refractivity contribution >= 4 is 38.9 Å². The Morgan fingerprint density at radius 2 is 2.15 bits per heavy atom. The average Bonchev–Trinajstić information content (AvgIpc) is 2.11. The molecule has 0 bridgehead atoms. The molecule has 0 aliphatic carbocycles. The minimum Gasteiger partial charge on any atom is -0.366 e. The molecule has 0 atom stereocenters. The number of nitrogens with one attached hydrogen (secondary N) is 2. The van der Waals surface area contributed by atoms with Crippen LogP contribution in [0.1, 0.15) is 5.56 Å². The van der Waals surface area contributed by atoms with Gasteiger partial charge in [0, 0.05) is 17.2 Å². The lowest BCUT2D eigenvalue weighted by Crippen LogP contribution is -2.24. The Balaban J connectivity index is 2.87. The van der Waals surface area contributed by atoms with Gasteiger partial charge in [0.2, 0.25) is 0 Å². The molecule has 70 valence electrons. The van der Waals surface area contributed by atoms with Gasteiger partial charge in [-0.2, -0.15) is 0 Å². The summed E-state index contributed by atoms with van der Waals surface area (Å²) in [7, 11) is 1.79. The number of hydrogen-bond acceptors (Lipinski definition) is 1. The van der Waals surface area contributed by atoms with Crippen LogP contribution in [0.5, 0.6) is 0 Å². The van der Waals surface area contributed by atoms with Gasteiger partial charge in [-0.1, -0.05) is 22.0 Å². The number of hydrogen-bond donors (Lipinski definition) is 2. The van der Waals surface area contributed by atoms with E-state index in [2.05, 4.69) is 26.6 Å². The van der Waals surface area contributed by atoms with E-state index in [0.29, 0.717) is 5.11 Å². The van der Waals surface area contributed by atoms with Gasteiger partial charge < -0.3 is 10.6 Å². The van der Waals surface area contributed by atoms with Crippen LogP contribution in [-0.2, 0) is 0 Å². The molecule has 0 unspecified atom stereocenters. The summed E-state index contributed by atoms with van der Waals surface area (Å²) >= 11 is 8.41. The molecule has 0 aromatic heterocycles. The zero-order valence-electron chi connectivity index (χ0n) is 7.52. The number of anilines is 1. The van der Waals surface area contributed by atoms with Crippen molar-refractivity contribution in [2.75, 3.05) is 12.4 Å². The van der Waals surface area contributed by atoms with Gasteiger partial charge in [-0.15, -0.1) is 0 Å². The molecule has 0 saturated heterocycles. The highest BCUT2D eigenvalue weighted by Gasteiger charge is 1.99. The quantitative estimate of drug-likeness (QED) is 0.758. The van der Waals surface area contributed by atoms with Crippen LogP contribution in [-0.4, -0.2) is 12.2 Å². The third-order valence-corrected chi connectivity index (χ3v) is 2.47. The maximum absolute atomic E-state index is 5.00. The summed E-state index contributed by atoms with van der Waals surface area (Å²) in [4.78, 5) is 0. The summed E-state index contributed by atoms with van der Waals surface area (Å²) in [6.07, 6.45) is 0. The molecule has 1 aromatic rings. The highest BCUT2D eigenvalue weighted by molar-refractivity contribution is 9.10. The monoisotopic (exact) mass is 258 g/mol. The van der Waals surface area contributed by atoms with Gasteiger partial charge in [-0.25, -0.2) is 0 Å². The normalized spacial score (nSPS) is 9.46. The standard InChI is InChI=1S/C9H11BrN2S/c1-6-3-4-7(10)5-8(6)12-9(13)11-2/h3-5H,1-2H3,(H2,11,12,13). The van der Waals surface area contributed by atoms with Crippen LogP contribution in [0.2, 0.25) is 0 Å². The van der Waals surface area contributed by atoms with E-state index in [1.54, 1.807) is 7.05 Å². The molecule has 13 heavy (non-hydrogen) atoms. The Labute approximate surface area is 91.9 Å². The molecule has 2 nitrogen and oxygen atoms in total.